The highest BCUT2D eigenvalue weighted by atomic mass is 32.2. The van der Waals surface area contributed by atoms with E-state index >= 15 is 0 Å². The Morgan fingerprint density at radius 2 is 1.87 bits per heavy atom. The molecule has 0 aliphatic carbocycles. The summed E-state index contributed by atoms with van der Waals surface area (Å²) in [6.07, 6.45) is 3.80. The normalized spacial score (nSPS) is 16.4. The Balaban J connectivity index is 1.69. The molecular formula is C21H31N3O5S. The standard InChI is InChI=1S/C21H31N3O5S/c1-15(2)6-7-16(3)22-20(25)10-13-24-18-9-8-17(14-19(18)29-21(24)26)30(27,28)23-11-4-5-12-23/h8-9,14-16H,4-7,10-13H2,1-3H3,(H,22,25). The van der Waals surface area contributed by atoms with Crippen molar-refractivity contribution in [3.8, 4) is 0 Å². The van der Waals surface area contributed by atoms with E-state index in [2.05, 4.69) is 19.2 Å². The Morgan fingerprint density at radius 3 is 2.53 bits per heavy atom. The van der Waals surface area contributed by atoms with Gasteiger partial charge in [0.15, 0.2) is 5.58 Å². The van der Waals surface area contributed by atoms with Crippen LogP contribution < -0.4 is 11.1 Å². The number of carbonyl (C=O) groups is 1. The first-order chi connectivity index (χ1) is 14.2. The molecule has 0 spiro atoms. The van der Waals surface area contributed by atoms with Crippen molar-refractivity contribution in [3.63, 3.8) is 0 Å². The quantitative estimate of drug-likeness (QED) is 0.650. The second kappa shape index (κ2) is 9.34. The number of aromatic nitrogens is 1. The van der Waals surface area contributed by atoms with Crippen LogP contribution in [-0.4, -0.2) is 42.3 Å². The van der Waals surface area contributed by atoms with Crippen LogP contribution in [0.25, 0.3) is 11.1 Å². The van der Waals surface area contributed by atoms with Gasteiger partial charge in [0, 0.05) is 38.2 Å². The molecule has 1 aromatic heterocycles. The molecule has 0 bridgehead atoms. The minimum atomic E-state index is -3.59. The van der Waals surface area contributed by atoms with Crippen LogP contribution in [0.15, 0.2) is 32.3 Å². The van der Waals surface area contributed by atoms with Gasteiger partial charge in [-0.3, -0.25) is 9.36 Å². The van der Waals surface area contributed by atoms with Crippen molar-refractivity contribution < 1.29 is 17.6 Å². The summed E-state index contributed by atoms with van der Waals surface area (Å²) >= 11 is 0. The highest BCUT2D eigenvalue weighted by Crippen LogP contribution is 2.24. The molecular weight excluding hydrogens is 406 g/mol. The molecule has 1 aliphatic rings. The Labute approximate surface area is 177 Å². The lowest BCUT2D eigenvalue weighted by Gasteiger charge is -2.15. The minimum absolute atomic E-state index is 0.0797. The van der Waals surface area contributed by atoms with Gasteiger partial charge in [0.05, 0.1) is 10.4 Å². The average molecular weight is 438 g/mol. The molecule has 2 heterocycles. The highest BCUT2D eigenvalue weighted by Gasteiger charge is 2.28. The van der Waals surface area contributed by atoms with Gasteiger partial charge in [0.25, 0.3) is 0 Å². The van der Waals surface area contributed by atoms with Crippen LogP contribution in [0.2, 0.25) is 0 Å². The lowest BCUT2D eigenvalue weighted by atomic mass is 10.0. The molecule has 1 aliphatic heterocycles. The molecule has 1 saturated heterocycles. The van der Waals surface area contributed by atoms with Crippen LogP contribution in [-0.2, 0) is 21.4 Å². The van der Waals surface area contributed by atoms with Crippen LogP contribution in [0, 0.1) is 5.92 Å². The molecule has 1 unspecified atom stereocenters. The third-order valence-electron chi connectivity index (χ3n) is 5.49. The molecule has 3 rings (SSSR count). The number of nitrogens with zero attached hydrogens (tertiary/aromatic N) is 2. The van der Waals surface area contributed by atoms with Gasteiger partial charge in [-0.25, -0.2) is 13.2 Å². The molecule has 0 saturated carbocycles. The fraction of sp³-hybridized carbons (Fsp3) is 0.619. The summed E-state index contributed by atoms with van der Waals surface area (Å²) in [4.78, 5) is 24.6. The third-order valence-corrected chi connectivity index (χ3v) is 7.38. The first-order valence-corrected chi connectivity index (χ1v) is 12.1. The first-order valence-electron chi connectivity index (χ1n) is 10.6. The predicted molar refractivity (Wildman–Crippen MR) is 115 cm³/mol. The Bertz CT molecular complexity index is 1050. The van der Waals surface area contributed by atoms with Crippen LogP contribution in [0.3, 0.4) is 0 Å². The SMILES string of the molecule is CC(C)CCC(C)NC(=O)CCn1c(=O)oc2cc(S(=O)(=O)N3CCCC3)ccc21. The number of hydrogen-bond acceptors (Lipinski definition) is 5. The number of amides is 1. The number of hydrogen-bond donors (Lipinski definition) is 1. The molecule has 1 fully saturated rings. The van der Waals surface area contributed by atoms with E-state index in [1.807, 2.05) is 6.92 Å². The number of benzene rings is 1. The summed E-state index contributed by atoms with van der Waals surface area (Å²) in [5.41, 5.74) is 0.701. The molecule has 9 heteroatoms. The van der Waals surface area contributed by atoms with Crippen molar-refractivity contribution >= 4 is 27.0 Å². The number of rotatable bonds is 9. The predicted octanol–water partition coefficient (Wildman–Crippen LogP) is 2.71. The second-order valence-corrected chi connectivity index (χ2v) is 10.4. The third kappa shape index (κ3) is 5.13. The van der Waals surface area contributed by atoms with Crippen LogP contribution in [0.4, 0.5) is 0 Å². The summed E-state index contributed by atoms with van der Waals surface area (Å²) in [5, 5.41) is 2.96. The maximum atomic E-state index is 12.7. The molecule has 166 valence electrons. The Kier molecular flexibility index (Phi) is 7.02. The van der Waals surface area contributed by atoms with Crippen molar-refractivity contribution in [2.24, 2.45) is 5.92 Å². The summed E-state index contributed by atoms with van der Waals surface area (Å²) in [5.74, 6) is -0.137. The zero-order valence-electron chi connectivity index (χ0n) is 17.9. The van der Waals surface area contributed by atoms with Gasteiger partial charge in [0.2, 0.25) is 15.9 Å². The van der Waals surface area contributed by atoms with Gasteiger partial charge < -0.3 is 9.73 Å². The maximum absolute atomic E-state index is 12.7. The Hall–Kier alpha value is -2.13. The lowest BCUT2D eigenvalue weighted by molar-refractivity contribution is -0.121. The molecule has 8 nitrogen and oxygen atoms in total. The molecule has 0 radical (unpaired) electrons. The number of sulfonamides is 1. The van der Waals surface area contributed by atoms with E-state index in [4.69, 9.17) is 4.42 Å². The topological polar surface area (TPSA) is 102 Å². The summed E-state index contributed by atoms with van der Waals surface area (Å²) in [6, 6.07) is 4.55. The molecule has 2 aromatic rings. The first kappa shape index (κ1) is 22.6. The fourth-order valence-corrected chi connectivity index (χ4v) is 5.25. The number of oxazole rings is 1. The van der Waals surface area contributed by atoms with E-state index in [0.29, 0.717) is 24.5 Å². The van der Waals surface area contributed by atoms with E-state index in [0.717, 1.165) is 25.7 Å². The zero-order valence-corrected chi connectivity index (χ0v) is 18.7. The zero-order chi connectivity index (χ0) is 21.9. The van der Waals surface area contributed by atoms with Crippen LogP contribution >= 0.6 is 0 Å². The van der Waals surface area contributed by atoms with Crippen molar-refractivity contribution in [2.75, 3.05) is 13.1 Å². The largest absolute Gasteiger partial charge is 0.419 e. The molecule has 1 amide bonds. The minimum Gasteiger partial charge on any atom is -0.408 e. The van der Waals surface area contributed by atoms with E-state index in [1.165, 1.54) is 21.0 Å². The average Bonchev–Trinajstić information content (AvgIpc) is 3.32. The highest BCUT2D eigenvalue weighted by molar-refractivity contribution is 7.89. The van der Waals surface area contributed by atoms with Crippen molar-refractivity contribution in [1.29, 1.82) is 0 Å². The summed E-state index contributed by atoms with van der Waals surface area (Å²) in [6.45, 7) is 7.46. The number of fused-ring (bicyclic) bond motifs is 1. The van der Waals surface area contributed by atoms with E-state index in [-0.39, 0.29) is 35.4 Å². The van der Waals surface area contributed by atoms with Gasteiger partial charge in [-0.2, -0.15) is 4.31 Å². The van der Waals surface area contributed by atoms with Crippen LogP contribution in [0.1, 0.15) is 52.9 Å². The summed E-state index contributed by atoms with van der Waals surface area (Å²) in [7, 11) is -3.59. The lowest BCUT2D eigenvalue weighted by Crippen LogP contribution is -2.33. The number of aryl methyl sites for hydroxylation is 1. The van der Waals surface area contributed by atoms with E-state index in [9.17, 15) is 18.0 Å². The number of nitrogens with one attached hydrogen (secondary N) is 1. The number of carbonyl (C=O) groups excluding carboxylic acids is 1. The van der Waals surface area contributed by atoms with Crippen molar-refractivity contribution in [1.82, 2.24) is 14.2 Å². The summed E-state index contributed by atoms with van der Waals surface area (Å²) < 4.78 is 33.6. The van der Waals surface area contributed by atoms with E-state index < -0.39 is 15.8 Å². The molecule has 1 N–H and O–H groups in total. The Morgan fingerprint density at radius 1 is 1.17 bits per heavy atom. The van der Waals surface area contributed by atoms with Gasteiger partial charge in [-0.1, -0.05) is 13.8 Å². The van der Waals surface area contributed by atoms with E-state index in [1.54, 1.807) is 6.07 Å². The van der Waals surface area contributed by atoms with Gasteiger partial charge in [0.1, 0.15) is 0 Å². The smallest absolute Gasteiger partial charge is 0.408 e. The van der Waals surface area contributed by atoms with Gasteiger partial charge in [-0.15, -0.1) is 0 Å². The second-order valence-electron chi connectivity index (χ2n) is 8.45. The van der Waals surface area contributed by atoms with Gasteiger partial charge in [-0.05, 0) is 50.7 Å². The fourth-order valence-electron chi connectivity index (χ4n) is 3.71. The monoisotopic (exact) mass is 437 g/mol. The molecule has 1 aromatic carbocycles. The molecule has 1 atom stereocenters. The van der Waals surface area contributed by atoms with Crippen molar-refractivity contribution in [3.05, 3.63) is 28.7 Å². The van der Waals surface area contributed by atoms with Gasteiger partial charge >= 0.3 is 5.76 Å². The van der Waals surface area contributed by atoms with Crippen LogP contribution in [0.5, 0.6) is 0 Å². The van der Waals surface area contributed by atoms with Crippen molar-refractivity contribution in [2.45, 2.75) is 70.4 Å². The molecule has 30 heavy (non-hydrogen) atoms. The maximum Gasteiger partial charge on any atom is 0.419 e.